The summed E-state index contributed by atoms with van der Waals surface area (Å²) in [5.74, 6) is 0. The Morgan fingerprint density at radius 1 is 0.652 bits per heavy atom. The van der Waals surface area contributed by atoms with Gasteiger partial charge in [0.25, 0.3) is 0 Å². The summed E-state index contributed by atoms with van der Waals surface area (Å²) >= 11 is 5.24. The third kappa shape index (κ3) is 11.7. The van der Waals surface area contributed by atoms with Gasteiger partial charge in [-0.3, -0.25) is 0 Å². The maximum absolute atomic E-state index is 4.04. The van der Waals surface area contributed by atoms with Crippen LogP contribution < -0.4 is 0 Å². The van der Waals surface area contributed by atoms with E-state index in [-0.39, 0.29) is 10.8 Å². The second-order valence-electron chi connectivity index (χ2n) is 6.57. The summed E-state index contributed by atoms with van der Waals surface area (Å²) in [5.41, 5.74) is 2.66. The first-order valence-corrected chi connectivity index (χ1v) is 17.5. The quantitative estimate of drug-likeness (QED) is 0.202. The van der Waals surface area contributed by atoms with Crippen LogP contribution >= 0.6 is 38.4 Å². The van der Waals surface area contributed by atoms with E-state index in [1.165, 1.54) is 11.1 Å². The van der Waals surface area contributed by atoms with Crippen molar-refractivity contribution in [2.75, 3.05) is 0 Å². The van der Waals surface area contributed by atoms with Gasteiger partial charge in [-0.25, -0.2) is 0 Å². The van der Waals surface area contributed by atoms with Gasteiger partial charge in [0.15, 0.2) is 0 Å². The molecule has 23 heavy (non-hydrogen) atoms. The first-order valence-electron chi connectivity index (χ1n) is 7.41. The van der Waals surface area contributed by atoms with E-state index in [9.17, 15) is 0 Å². The zero-order chi connectivity index (χ0) is 17.9. The minimum atomic E-state index is 0.0429. The molecule has 0 N–H and O–H groups in total. The van der Waals surface area contributed by atoms with Crippen molar-refractivity contribution in [3.63, 3.8) is 0 Å². The zero-order valence-corrected chi connectivity index (χ0v) is 20.3. The number of benzene rings is 2. The van der Waals surface area contributed by atoms with E-state index >= 15 is 0 Å². The van der Waals surface area contributed by atoms with E-state index in [4.69, 9.17) is 0 Å². The molecule has 0 spiro atoms. The molecule has 126 valence electrons. The Kier molecular flexibility index (Phi) is 12.4. The van der Waals surface area contributed by atoms with Crippen LogP contribution in [0.2, 0.25) is 0 Å². The van der Waals surface area contributed by atoms with Crippen LogP contribution in [0.1, 0.15) is 38.8 Å². The molecule has 3 heteroatoms. The summed E-state index contributed by atoms with van der Waals surface area (Å²) in [4.78, 5) is 0. The number of halogens is 2. The van der Waals surface area contributed by atoms with Crippen molar-refractivity contribution in [3.8, 4) is 0 Å². The summed E-state index contributed by atoms with van der Waals surface area (Å²) in [6, 6.07) is 20.6. The topological polar surface area (TPSA) is 0 Å². The van der Waals surface area contributed by atoms with Crippen LogP contribution in [0.15, 0.2) is 60.7 Å². The molecule has 2 rings (SSSR count). The van der Waals surface area contributed by atoms with E-state index in [2.05, 4.69) is 104 Å². The predicted molar refractivity (Wildman–Crippen MR) is 118 cm³/mol. The molecule has 0 fully saturated rings. The van der Waals surface area contributed by atoms with Crippen LogP contribution in [0.3, 0.4) is 0 Å². The molecular formula is C20H26I2Ti-2. The van der Waals surface area contributed by atoms with Crippen LogP contribution in [0, 0.1) is 13.8 Å². The van der Waals surface area contributed by atoms with E-state index in [0.717, 1.165) is 0 Å². The Morgan fingerprint density at radius 3 is 1.00 bits per heavy atom. The molecule has 0 radical (unpaired) electrons. The van der Waals surface area contributed by atoms with E-state index < -0.39 is 0 Å². The molecule has 0 aromatic heterocycles. The summed E-state index contributed by atoms with van der Waals surface area (Å²) in [6.07, 6.45) is 0. The second-order valence-corrected chi connectivity index (χ2v) is 19.8. The Bertz CT molecular complexity index is 461. The predicted octanol–water partition coefficient (Wildman–Crippen LogP) is 7.37. The van der Waals surface area contributed by atoms with E-state index in [0.29, 0.717) is 11.7 Å². The first kappa shape index (κ1) is 23.6. The van der Waals surface area contributed by atoms with Crippen molar-refractivity contribution in [3.05, 3.63) is 85.6 Å². The monoisotopic (exact) mass is 568 g/mol. The SMILES string of the molecule is [CH2-]C(C)(C)c1ccccc1.[CH2-]C(C)(C)c1ccccc1.[I][Ti][I]. The van der Waals surface area contributed by atoms with Gasteiger partial charge in [-0.2, -0.15) is 0 Å². The Labute approximate surface area is 172 Å². The van der Waals surface area contributed by atoms with Gasteiger partial charge in [0.05, 0.1) is 0 Å². The van der Waals surface area contributed by atoms with E-state index in [1.54, 1.807) is 0 Å². The average Bonchev–Trinajstić information content (AvgIpc) is 2.49. The molecule has 0 bridgehead atoms. The van der Waals surface area contributed by atoms with Crippen molar-refractivity contribution < 1.29 is 11.7 Å². The molecule has 0 heterocycles. The molecule has 2 aromatic rings. The fourth-order valence-corrected chi connectivity index (χ4v) is 1.78. The molecule has 0 atom stereocenters. The van der Waals surface area contributed by atoms with Crippen molar-refractivity contribution in [1.82, 2.24) is 0 Å². The van der Waals surface area contributed by atoms with Crippen LogP contribution in [0.25, 0.3) is 0 Å². The molecule has 0 saturated carbocycles. The average molecular weight is 568 g/mol. The van der Waals surface area contributed by atoms with Crippen LogP contribution in [-0.2, 0) is 22.5 Å². The van der Waals surface area contributed by atoms with Crippen LogP contribution in [-0.4, -0.2) is 0 Å². The third-order valence-corrected chi connectivity index (χ3v) is 3.11. The van der Waals surface area contributed by atoms with E-state index in [1.807, 2.05) is 36.4 Å². The molecule has 2 aromatic carbocycles. The van der Waals surface area contributed by atoms with Gasteiger partial charge in [-0.15, -0.1) is 10.8 Å². The van der Waals surface area contributed by atoms with Crippen molar-refractivity contribution in [2.45, 2.75) is 38.5 Å². The fraction of sp³-hybridized carbons (Fsp3) is 0.300. The molecular weight excluding hydrogens is 542 g/mol. The summed E-state index contributed by atoms with van der Waals surface area (Å²) in [5, 5.41) is 0. The third-order valence-electron chi connectivity index (χ3n) is 3.11. The molecule has 0 nitrogen and oxygen atoms in total. The number of hydrogen-bond acceptors (Lipinski definition) is 0. The van der Waals surface area contributed by atoms with Gasteiger partial charge >= 0.3 is 50.0 Å². The van der Waals surface area contributed by atoms with Crippen LogP contribution in [0.5, 0.6) is 0 Å². The number of rotatable bonds is 2. The second kappa shape index (κ2) is 12.0. The summed E-state index contributed by atoms with van der Waals surface area (Å²) in [6.45, 7) is 16.5. The first-order chi connectivity index (χ1) is 10.6. The fourth-order valence-electron chi connectivity index (χ4n) is 1.78. The Morgan fingerprint density at radius 2 is 0.870 bits per heavy atom. The molecule has 0 aliphatic rings. The van der Waals surface area contributed by atoms with Crippen molar-refractivity contribution >= 4 is 38.4 Å². The van der Waals surface area contributed by atoms with Gasteiger partial charge in [0, 0.05) is 0 Å². The van der Waals surface area contributed by atoms with Gasteiger partial charge in [0.2, 0.25) is 0 Å². The Hall–Kier alpha value is 0.614. The van der Waals surface area contributed by atoms with Gasteiger partial charge < -0.3 is 13.8 Å². The van der Waals surface area contributed by atoms with Crippen molar-refractivity contribution in [1.29, 1.82) is 0 Å². The standard InChI is InChI=1S/2C10H13.2HI.Ti/c2*1-10(2,3)9-7-5-4-6-8-9;;;/h2*4-8H,1H2,2-3H3;2*1H;/q2*-1;;;+2/p-2. The molecule has 0 aliphatic heterocycles. The Balaban J connectivity index is 0.000000360. The summed E-state index contributed by atoms with van der Waals surface area (Å²) < 4.78 is 0. The molecule has 0 unspecified atom stereocenters. The minimum absolute atomic E-state index is 0.0429. The van der Waals surface area contributed by atoms with Gasteiger partial charge in [0.1, 0.15) is 0 Å². The maximum atomic E-state index is 4.04. The zero-order valence-electron chi connectivity index (χ0n) is 14.4. The van der Waals surface area contributed by atoms with Crippen LogP contribution in [0.4, 0.5) is 0 Å². The van der Waals surface area contributed by atoms with Gasteiger partial charge in [-0.05, 0) is 0 Å². The molecule has 0 amide bonds. The molecule has 0 saturated heterocycles. The summed E-state index contributed by atoms with van der Waals surface area (Å²) in [7, 11) is 0. The molecule has 0 aliphatic carbocycles. The van der Waals surface area contributed by atoms with Crippen molar-refractivity contribution in [2.24, 2.45) is 0 Å². The number of hydrogen-bond donors (Lipinski definition) is 0. The van der Waals surface area contributed by atoms with Gasteiger partial charge in [-0.1, -0.05) is 99.5 Å². The normalized spacial score (nSPS) is 10.6.